The maximum Gasteiger partial charge on any atom is 0.331 e. The maximum atomic E-state index is 13.9. The number of Topliss-reactive ketones (excluding diaryl/α,β-unsaturated/α-hetero) is 1. The fourth-order valence-electron chi connectivity index (χ4n) is 8.90. The van der Waals surface area contributed by atoms with E-state index in [0.29, 0.717) is 36.3 Å². The van der Waals surface area contributed by atoms with Crippen molar-refractivity contribution in [2.45, 2.75) is 107 Å². The zero-order valence-corrected chi connectivity index (χ0v) is 25.3. The van der Waals surface area contributed by atoms with E-state index in [4.69, 9.17) is 18.9 Å². The first kappa shape index (κ1) is 28.9. The van der Waals surface area contributed by atoms with Crippen LogP contribution in [0.2, 0.25) is 0 Å². The van der Waals surface area contributed by atoms with Crippen molar-refractivity contribution < 1.29 is 51.1 Å². The van der Waals surface area contributed by atoms with Gasteiger partial charge in [0, 0.05) is 18.3 Å². The Kier molecular flexibility index (Phi) is 6.28. The van der Waals surface area contributed by atoms with Crippen molar-refractivity contribution in [2.75, 3.05) is 0 Å². The Balaban J connectivity index is 1.14. The molecule has 12 heteroatoms. The van der Waals surface area contributed by atoms with Crippen LogP contribution in [0, 0.1) is 28.6 Å². The molecule has 3 aliphatic heterocycles. The van der Waals surface area contributed by atoms with Crippen LogP contribution in [0.4, 0.5) is 0 Å². The summed E-state index contributed by atoms with van der Waals surface area (Å²) in [5.41, 5.74) is -1.69. The molecule has 0 aromatic heterocycles. The van der Waals surface area contributed by atoms with Crippen molar-refractivity contribution in [1.29, 1.82) is 0 Å². The predicted molar refractivity (Wildman–Crippen MR) is 147 cm³/mol. The molecule has 0 amide bonds. The molecule has 7 unspecified atom stereocenters. The molecule has 4 aliphatic carbocycles. The van der Waals surface area contributed by atoms with Crippen molar-refractivity contribution in [2.24, 2.45) is 28.6 Å². The summed E-state index contributed by atoms with van der Waals surface area (Å²) in [7, 11) is -4.53. The number of rotatable bonds is 7. The lowest BCUT2D eigenvalue weighted by Crippen LogP contribution is -2.56. The fraction of sp³-hybridized carbons (Fsp3) is 0.677. The van der Waals surface area contributed by atoms with Gasteiger partial charge in [-0.2, -0.15) is 8.42 Å². The molecule has 0 radical (unpaired) electrons. The lowest BCUT2D eigenvalue weighted by molar-refractivity contribution is -0.185. The van der Waals surface area contributed by atoms with Crippen LogP contribution in [0.3, 0.4) is 0 Å². The molecule has 1 aromatic rings. The van der Waals surface area contributed by atoms with Crippen LogP contribution in [0.25, 0.3) is 0 Å². The van der Waals surface area contributed by atoms with Crippen molar-refractivity contribution in [3.05, 3.63) is 23.3 Å². The summed E-state index contributed by atoms with van der Waals surface area (Å²) in [6.45, 7) is 7.17. The zero-order chi connectivity index (χ0) is 30.8. The highest BCUT2D eigenvalue weighted by Gasteiger charge is 2.78. The molecule has 7 aliphatic rings. The van der Waals surface area contributed by atoms with E-state index in [0.717, 1.165) is 12.8 Å². The smallest absolute Gasteiger partial charge is 0.331 e. The Morgan fingerprint density at radius 1 is 0.953 bits per heavy atom. The molecular formula is C31H36O11S. The van der Waals surface area contributed by atoms with Crippen molar-refractivity contribution >= 4 is 33.8 Å². The molecule has 6 bridgehead atoms. The van der Waals surface area contributed by atoms with E-state index in [1.807, 2.05) is 0 Å². The number of carbonyl (C=O) groups excluding carboxylic acids is 4. The molecule has 7 fully saturated rings. The van der Waals surface area contributed by atoms with E-state index in [1.54, 1.807) is 27.7 Å². The Bertz CT molecular complexity index is 1510. The van der Waals surface area contributed by atoms with Crippen LogP contribution in [-0.2, 0) is 43.5 Å². The number of esters is 3. The molecule has 4 saturated carbocycles. The minimum atomic E-state index is -4.53. The highest BCUT2D eigenvalue weighted by Crippen LogP contribution is 2.61. The van der Waals surface area contributed by atoms with Gasteiger partial charge in [-0.05, 0) is 73.1 Å². The van der Waals surface area contributed by atoms with Gasteiger partial charge in [0.05, 0.1) is 10.3 Å². The average molecular weight is 617 g/mol. The van der Waals surface area contributed by atoms with Crippen LogP contribution in [0.5, 0.6) is 5.75 Å². The number of ketones is 1. The second-order valence-corrected chi connectivity index (χ2v) is 15.6. The second kappa shape index (κ2) is 9.34. The summed E-state index contributed by atoms with van der Waals surface area (Å²) >= 11 is 0. The van der Waals surface area contributed by atoms with Gasteiger partial charge < -0.3 is 18.9 Å². The fourth-order valence-corrected chi connectivity index (χ4v) is 9.46. The van der Waals surface area contributed by atoms with Gasteiger partial charge in [0.2, 0.25) is 0 Å². The Labute approximate surface area is 249 Å². The van der Waals surface area contributed by atoms with Gasteiger partial charge in [-0.1, -0.05) is 27.7 Å². The summed E-state index contributed by atoms with van der Waals surface area (Å²) < 4.78 is 57.4. The maximum absolute atomic E-state index is 13.9. The van der Waals surface area contributed by atoms with E-state index < -0.39 is 57.3 Å². The first-order chi connectivity index (χ1) is 20.1. The van der Waals surface area contributed by atoms with Crippen molar-refractivity contribution in [3.63, 3.8) is 0 Å². The van der Waals surface area contributed by atoms with Gasteiger partial charge in [0.1, 0.15) is 23.7 Å². The Morgan fingerprint density at radius 3 is 2.12 bits per heavy atom. The van der Waals surface area contributed by atoms with Gasteiger partial charge >= 0.3 is 17.9 Å². The molecule has 1 N–H and O–H groups in total. The number of ether oxygens (including phenoxy) is 4. The summed E-state index contributed by atoms with van der Waals surface area (Å²) in [6, 6.07) is 2.54. The third-order valence-corrected chi connectivity index (χ3v) is 11.6. The quantitative estimate of drug-likeness (QED) is 0.207. The van der Waals surface area contributed by atoms with Crippen LogP contribution in [0.1, 0.15) is 89.2 Å². The lowest BCUT2D eigenvalue weighted by atomic mass is 9.49. The lowest BCUT2D eigenvalue weighted by Gasteiger charge is -2.54. The van der Waals surface area contributed by atoms with Crippen molar-refractivity contribution in [3.8, 4) is 5.75 Å². The third-order valence-electron chi connectivity index (χ3n) is 10.8. The number of hydrogen-bond acceptors (Lipinski definition) is 10. The highest BCUT2D eigenvalue weighted by atomic mass is 32.2. The van der Waals surface area contributed by atoms with Gasteiger partial charge in [0.15, 0.2) is 17.6 Å². The summed E-state index contributed by atoms with van der Waals surface area (Å²) in [4.78, 5) is 53.2. The molecule has 3 saturated heterocycles. The zero-order valence-electron chi connectivity index (χ0n) is 24.5. The number of fused-ring (bicyclic) bond motifs is 1. The van der Waals surface area contributed by atoms with Crippen molar-refractivity contribution in [1.82, 2.24) is 0 Å². The van der Waals surface area contributed by atoms with Gasteiger partial charge in [0.25, 0.3) is 10.1 Å². The predicted octanol–water partition coefficient (Wildman–Crippen LogP) is 3.48. The van der Waals surface area contributed by atoms with E-state index in [2.05, 4.69) is 0 Å². The standard InChI is InChI=1S/C31H36O11S/c1-13(2)19-7-18(43(36,37)38)8-20(14(3)4)23(19)40-28(34)31-12-21-24(25(26(31)39-21)42-29(31)35)41-27(33)30-9-15-5-16(10-30)22(32)17(6-15)11-30/h7-8,13-17,21,24-26H,5-6,9-12H2,1-4H3,(H,36,37,38). The second-order valence-electron chi connectivity index (χ2n) is 14.1. The SMILES string of the molecule is CC(C)c1cc(S(=O)(=O)O)cc(C(C)C)c1OC(=O)C12CC3OC1C(OC2=O)C3OC(=O)C12CC3CC(C1)C(=O)C(C3)C2. The van der Waals surface area contributed by atoms with Crippen LogP contribution in [0.15, 0.2) is 17.0 Å². The van der Waals surface area contributed by atoms with E-state index in [9.17, 15) is 32.1 Å². The van der Waals surface area contributed by atoms with E-state index in [-0.39, 0.29) is 52.5 Å². The van der Waals surface area contributed by atoms with Crippen LogP contribution >= 0.6 is 0 Å². The summed E-state index contributed by atoms with van der Waals surface area (Å²) in [6.07, 6.45) is -0.306. The Hall–Kier alpha value is -2.83. The minimum absolute atomic E-state index is 0.0831. The molecule has 43 heavy (non-hydrogen) atoms. The first-order valence-electron chi connectivity index (χ1n) is 15.1. The van der Waals surface area contributed by atoms with Gasteiger partial charge in [-0.25, -0.2) is 0 Å². The molecular weight excluding hydrogens is 580 g/mol. The van der Waals surface area contributed by atoms with E-state index in [1.165, 1.54) is 12.1 Å². The number of carbonyl (C=O) groups is 4. The minimum Gasteiger partial charge on any atom is -0.455 e. The third kappa shape index (κ3) is 4.08. The molecule has 0 spiro atoms. The topological polar surface area (TPSA) is 160 Å². The van der Waals surface area contributed by atoms with Crippen LogP contribution < -0.4 is 4.74 Å². The number of hydrogen-bond donors (Lipinski definition) is 1. The summed E-state index contributed by atoms with van der Waals surface area (Å²) in [5.74, 6) is -2.09. The average Bonchev–Trinajstić information content (AvgIpc) is 3.53. The van der Waals surface area contributed by atoms with Gasteiger partial charge in [-0.3, -0.25) is 23.7 Å². The summed E-state index contributed by atoms with van der Waals surface area (Å²) in [5, 5.41) is 0. The number of benzene rings is 1. The molecule has 3 heterocycles. The van der Waals surface area contributed by atoms with Crippen LogP contribution in [-0.4, -0.2) is 61.1 Å². The molecule has 8 rings (SSSR count). The molecule has 11 nitrogen and oxygen atoms in total. The van der Waals surface area contributed by atoms with E-state index >= 15 is 0 Å². The largest absolute Gasteiger partial charge is 0.455 e. The van der Waals surface area contributed by atoms with Gasteiger partial charge in [-0.15, -0.1) is 0 Å². The molecule has 7 atom stereocenters. The monoisotopic (exact) mass is 616 g/mol. The highest BCUT2D eigenvalue weighted by molar-refractivity contribution is 7.85. The first-order valence-corrected chi connectivity index (χ1v) is 16.6. The molecule has 232 valence electrons. The normalized spacial score (nSPS) is 38.7. The Morgan fingerprint density at radius 2 is 1.56 bits per heavy atom. The molecule has 1 aromatic carbocycles.